The fourth-order valence-corrected chi connectivity index (χ4v) is 4.52. The number of likely N-dealkylation sites (tertiary alicyclic amines) is 1. The zero-order valence-corrected chi connectivity index (χ0v) is 21.3. The summed E-state index contributed by atoms with van der Waals surface area (Å²) in [6.45, 7) is 9.06. The Hall–Kier alpha value is -0.950. The number of hydrogen-bond donors (Lipinski definition) is 3. The van der Waals surface area contributed by atoms with Crippen molar-refractivity contribution >= 4 is 40.0 Å². The highest BCUT2D eigenvalue weighted by Gasteiger charge is 2.22. The third-order valence-corrected chi connectivity index (χ3v) is 6.44. The second-order valence-electron chi connectivity index (χ2n) is 7.04. The summed E-state index contributed by atoms with van der Waals surface area (Å²) in [5.74, 6) is 0.752. The van der Waals surface area contributed by atoms with E-state index >= 15 is 0 Å². The summed E-state index contributed by atoms with van der Waals surface area (Å²) in [6, 6.07) is 7.42. The standard InChI is InChI=1S/C20H35N5O3S.HI/c1-4-21-20(23-16-18-9-7-12-25(18)5-2)22-15-17-8-6-10-19(14-17)29(26,27)24-11-13-28-3;/h6,8,10,14,18,24H,4-5,7,9,11-13,15-16H2,1-3H3,(H2,21,22,23);1H. The molecule has 0 saturated carbocycles. The number of hydrogen-bond acceptors (Lipinski definition) is 5. The van der Waals surface area contributed by atoms with E-state index in [0.717, 1.165) is 37.7 Å². The highest BCUT2D eigenvalue weighted by molar-refractivity contribution is 14.0. The van der Waals surface area contributed by atoms with Crippen LogP contribution >= 0.6 is 24.0 Å². The molecule has 1 aliphatic rings. The zero-order chi connectivity index (χ0) is 21.1. The molecule has 10 heteroatoms. The van der Waals surface area contributed by atoms with Gasteiger partial charge in [-0.25, -0.2) is 18.1 Å². The molecule has 1 aromatic carbocycles. The Balaban J connectivity index is 0.00000450. The normalized spacial score (nSPS) is 17.6. The topological polar surface area (TPSA) is 95.1 Å². The molecule has 1 fully saturated rings. The van der Waals surface area contributed by atoms with Crippen LogP contribution in [0.5, 0.6) is 0 Å². The van der Waals surface area contributed by atoms with E-state index in [0.29, 0.717) is 19.2 Å². The number of nitrogens with zero attached hydrogens (tertiary/aromatic N) is 2. The average Bonchev–Trinajstić information content (AvgIpc) is 3.18. The lowest BCUT2D eigenvalue weighted by Gasteiger charge is -2.24. The van der Waals surface area contributed by atoms with Crippen molar-refractivity contribution < 1.29 is 13.2 Å². The van der Waals surface area contributed by atoms with Crippen LogP contribution in [0.25, 0.3) is 0 Å². The highest BCUT2D eigenvalue weighted by atomic mass is 127. The van der Waals surface area contributed by atoms with Gasteiger partial charge in [-0.15, -0.1) is 24.0 Å². The van der Waals surface area contributed by atoms with Crippen molar-refractivity contribution in [2.75, 3.05) is 46.4 Å². The van der Waals surface area contributed by atoms with Gasteiger partial charge in [0.25, 0.3) is 0 Å². The van der Waals surface area contributed by atoms with Gasteiger partial charge in [0.1, 0.15) is 0 Å². The third-order valence-electron chi connectivity index (χ3n) is 4.98. The van der Waals surface area contributed by atoms with E-state index in [9.17, 15) is 8.42 Å². The molecule has 0 spiro atoms. The first-order valence-corrected chi connectivity index (χ1v) is 11.8. The molecule has 8 nitrogen and oxygen atoms in total. The quantitative estimate of drug-likeness (QED) is 0.167. The van der Waals surface area contributed by atoms with Crippen LogP contribution in [0.15, 0.2) is 34.2 Å². The van der Waals surface area contributed by atoms with Crippen molar-refractivity contribution in [1.82, 2.24) is 20.3 Å². The van der Waals surface area contributed by atoms with Crippen molar-refractivity contribution in [3.05, 3.63) is 29.8 Å². The molecule has 1 atom stereocenters. The van der Waals surface area contributed by atoms with Crippen LogP contribution < -0.4 is 15.4 Å². The van der Waals surface area contributed by atoms with Crippen molar-refractivity contribution in [3.8, 4) is 0 Å². The summed E-state index contributed by atoms with van der Waals surface area (Å²) in [5.41, 5.74) is 0.841. The molecule has 1 aromatic rings. The largest absolute Gasteiger partial charge is 0.383 e. The minimum absolute atomic E-state index is 0. The Morgan fingerprint density at radius 1 is 1.30 bits per heavy atom. The molecule has 0 amide bonds. The van der Waals surface area contributed by atoms with Gasteiger partial charge in [0.2, 0.25) is 10.0 Å². The molecule has 0 bridgehead atoms. The van der Waals surface area contributed by atoms with Crippen LogP contribution in [0.1, 0.15) is 32.3 Å². The summed E-state index contributed by atoms with van der Waals surface area (Å²) in [6.07, 6.45) is 2.45. The van der Waals surface area contributed by atoms with E-state index in [-0.39, 0.29) is 35.4 Å². The van der Waals surface area contributed by atoms with Crippen LogP contribution in [0, 0.1) is 0 Å². The monoisotopic (exact) mass is 553 g/mol. The second kappa shape index (κ2) is 14.2. The van der Waals surface area contributed by atoms with Gasteiger partial charge in [-0.1, -0.05) is 19.1 Å². The first-order valence-electron chi connectivity index (χ1n) is 10.3. The number of halogens is 1. The number of guanidine groups is 1. The average molecular weight is 554 g/mol. The predicted molar refractivity (Wildman–Crippen MR) is 132 cm³/mol. The molecule has 2 rings (SSSR count). The number of nitrogens with one attached hydrogen (secondary N) is 3. The van der Waals surface area contributed by atoms with Crippen molar-refractivity contribution in [3.63, 3.8) is 0 Å². The molecule has 1 saturated heterocycles. The maximum Gasteiger partial charge on any atom is 0.240 e. The lowest BCUT2D eigenvalue weighted by Crippen LogP contribution is -2.44. The van der Waals surface area contributed by atoms with E-state index in [2.05, 4.69) is 32.2 Å². The maximum absolute atomic E-state index is 12.4. The summed E-state index contributed by atoms with van der Waals surface area (Å²) in [7, 11) is -2.01. The highest BCUT2D eigenvalue weighted by Crippen LogP contribution is 2.15. The number of benzene rings is 1. The molecule has 1 unspecified atom stereocenters. The van der Waals surface area contributed by atoms with Crippen molar-refractivity contribution in [1.29, 1.82) is 0 Å². The second-order valence-corrected chi connectivity index (χ2v) is 8.81. The van der Waals surface area contributed by atoms with Gasteiger partial charge in [-0.3, -0.25) is 4.90 Å². The number of sulfonamides is 1. The Morgan fingerprint density at radius 2 is 2.10 bits per heavy atom. The Bertz CT molecular complexity index is 761. The molecule has 0 aliphatic carbocycles. The van der Waals surface area contributed by atoms with Crippen LogP contribution in [-0.2, 0) is 21.3 Å². The molecule has 1 aliphatic heterocycles. The lowest BCUT2D eigenvalue weighted by atomic mass is 10.2. The van der Waals surface area contributed by atoms with Gasteiger partial charge in [0.05, 0.1) is 18.0 Å². The maximum atomic E-state index is 12.4. The molecular formula is C20H36IN5O3S. The number of rotatable bonds is 11. The van der Waals surface area contributed by atoms with Gasteiger partial charge >= 0.3 is 0 Å². The van der Waals surface area contributed by atoms with Crippen LogP contribution in [-0.4, -0.2) is 71.8 Å². The molecule has 1 heterocycles. The molecule has 0 radical (unpaired) electrons. The summed E-state index contributed by atoms with van der Waals surface area (Å²) in [5, 5.41) is 6.69. The van der Waals surface area contributed by atoms with Gasteiger partial charge in [0.15, 0.2) is 5.96 Å². The minimum Gasteiger partial charge on any atom is -0.383 e. The summed E-state index contributed by atoms with van der Waals surface area (Å²) in [4.78, 5) is 7.36. The van der Waals surface area contributed by atoms with Crippen molar-refractivity contribution in [2.45, 2.75) is 44.2 Å². The fourth-order valence-electron chi connectivity index (χ4n) is 3.44. The first kappa shape index (κ1) is 27.1. The Morgan fingerprint density at radius 3 is 2.80 bits per heavy atom. The van der Waals surface area contributed by atoms with E-state index in [1.54, 1.807) is 18.2 Å². The van der Waals surface area contributed by atoms with Crippen LogP contribution in [0.2, 0.25) is 0 Å². The molecule has 172 valence electrons. The number of aliphatic imine (C=N–C) groups is 1. The zero-order valence-electron chi connectivity index (χ0n) is 18.2. The van der Waals surface area contributed by atoms with E-state index in [1.165, 1.54) is 20.0 Å². The third kappa shape index (κ3) is 8.66. The van der Waals surface area contributed by atoms with Gasteiger partial charge in [-0.2, -0.15) is 0 Å². The van der Waals surface area contributed by atoms with Gasteiger partial charge < -0.3 is 15.4 Å². The number of likely N-dealkylation sites (N-methyl/N-ethyl adjacent to an activating group) is 1. The lowest BCUT2D eigenvalue weighted by molar-refractivity contribution is 0.204. The Labute approximate surface area is 198 Å². The number of methoxy groups -OCH3 is 1. The molecule has 0 aromatic heterocycles. The predicted octanol–water partition coefficient (Wildman–Crippen LogP) is 1.77. The van der Waals surface area contributed by atoms with E-state index < -0.39 is 10.0 Å². The van der Waals surface area contributed by atoms with E-state index in [1.807, 2.05) is 13.0 Å². The van der Waals surface area contributed by atoms with Crippen LogP contribution in [0.4, 0.5) is 0 Å². The summed E-state index contributed by atoms with van der Waals surface area (Å²) < 4.78 is 32.2. The summed E-state index contributed by atoms with van der Waals surface area (Å²) >= 11 is 0. The first-order chi connectivity index (χ1) is 14.0. The fraction of sp³-hybridized carbons (Fsp3) is 0.650. The van der Waals surface area contributed by atoms with Gasteiger partial charge in [0, 0.05) is 32.8 Å². The van der Waals surface area contributed by atoms with E-state index in [4.69, 9.17) is 4.74 Å². The smallest absolute Gasteiger partial charge is 0.240 e. The molecule has 30 heavy (non-hydrogen) atoms. The molecule has 3 N–H and O–H groups in total. The number of ether oxygens (including phenoxy) is 1. The SMILES string of the molecule is CCNC(=NCc1cccc(S(=O)(=O)NCCOC)c1)NCC1CCCN1CC.I. The molecular weight excluding hydrogens is 517 g/mol. The minimum atomic E-state index is -3.55. The van der Waals surface area contributed by atoms with Crippen molar-refractivity contribution in [2.24, 2.45) is 4.99 Å². The Kier molecular flexibility index (Phi) is 12.8. The van der Waals surface area contributed by atoms with Gasteiger partial charge in [-0.05, 0) is 50.6 Å². The van der Waals surface area contributed by atoms with Crippen LogP contribution in [0.3, 0.4) is 0 Å².